The lowest BCUT2D eigenvalue weighted by Gasteiger charge is -2.22. The molecule has 3 heterocycles. The lowest BCUT2D eigenvalue weighted by atomic mass is 9.93. The third-order valence-corrected chi connectivity index (χ3v) is 4.31. The summed E-state index contributed by atoms with van der Waals surface area (Å²) in [7, 11) is 0. The maximum absolute atomic E-state index is 12.6. The average Bonchev–Trinajstić information content (AvgIpc) is 3.19. The van der Waals surface area contributed by atoms with Gasteiger partial charge in [-0.05, 0) is 24.8 Å². The summed E-state index contributed by atoms with van der Waals surface area (Å²) in [6.45, 7) is -1.14. The number of halogens is 3. The summed E-state index contributed by atoms with van der Waals surface area (Å²) in [6.07, 6.45) is 5.52. The molecule has 3 aromatic heterocycles. The minimum Gasteiger partial charge on any atom is -0.342 e. The van der Waals surface area contributed by atoms with Crippen molar-refractivity contribution in [1.29, 1.82) is 0 Å². The number of carbonyl (C=O) groups excluding carboxylic acids is 1. The number of aromatic nitrogens is 5. The fourth-order valence-corrected chi connectivity index (χ4v) is 3.24. The number of amides is 1. The predicted octanol–water partition coefficient (Wildman–Crippen LogP) is 2.30. The summed E-state index contributed by atoms with van der Waals surface area (Å²) >= 11 is 0. The van der Waals surface area contributed by atoms with Crippen LogP contribution in [0, 0.1) is 0 Å². The minimum atomic E-state index is -4.34. The highest BCUT2D eigenvalue weighted by Gasteiger charge is 2.31. The SMILES string of the molecule is O=C(N[C@H]1CCCc2cn(CC(F)(F)F)nc21)c1nccn2ccnc12. The smallest absolute Gasteiger partial charge is 0.342 e. The van der Waals surface area contributed by atoms with Crippen LogP contribution in [-0.4, -0.2) is 36.2 Å². The van der Waals surface area contributed by atoms with Gasteiger partial charge in [0.25, 0.3) is 5.91 Å². The number of fused-ring (bicyclic) bond motifs is 2. The van der Waals surface area contributed by atoms with Gasteiger partial charge in [0, 0.05) is 31.0 Å². The second-order valence-corrected chi connectivity index (χ2v) is 6.20. The van der Waals surface area contributed by atoms with E-state index in [4.69, 9.17) is 0 Å². The molecule has 136 valence electrons. The van der Waals surface area contributed by atoms with Gasteiger partial charge in [0.15, 0.2) is 11.3 Å². The molecule has 0 fully saturated rings. The zero-order chi connectivity index (χ0) is 18.3. The van der Waals surface area contributed by atoms with Gasteiger partial charge >= 0.3 is 6.18 Å². The van der Waals surface area contributed by atoms with Gasteiger partial charge in [0.05, 0.1) is 11.7 Å². The first kappa shape index (κ1) is 16.6. The van der Waals surface area contributed by atoms with Crippen molar-refractivity contribution >= 4 is 11.6 Å². The van der Waals surface area contributed by atoms with Gasteiger partial charge in [0.2, 0.25) is 0 Å². The number of rotatable bonds is 3. The van der Waals surface area contributed by atoms with Gasteiger partial charge in [-0.25, -0.2) is 9.97 Å². The lowest BCUT2D eigenvalue weighted by Crippen LogP contribution is -2.32. The fraction of sp³-hybridized carbons (Fsp3) is 0.375. The normalized spacial score (nSPS) is 17.3. The topological polar surface area (TPSA) is 77.1 Å². The number of nitrogens with zero attached hydrogens (tertiary/aromatic N) is 5. The predicted molar refractivity (Wildman–Crippen MR) is 84.4 cm³/mol. The Morgan fingerprint density at radius 1 is 1.27 bits per heavy atom. The van der Waals surface area contributed by atoms with Gasteiger partial charge < -0.3 is 9.72 Å². The molecule has 3 aromatic rings. The molecule has 0 aromatic carbocycles. The van der Waals surface area contributed by atoms with Gasteiger partial charge in [-0.1, -0.05) is 0 Å². The van der Waals surface area contributed by atoms with E-state index >= 15 is 0 Å². The molecule has 1 amide bonds. The van der Waals surface area contributed by atoms with E-state index in [2.05, 4.69) is 20.4 Å². The Morgan fingerprint density at radius 2 is 2.04 bits per heavy atom. The van der Waals surface area contributed by atoms with E-state index in [1.165, 1.54) is 12.4 Å². The summed E-state index contributed by atoms with van der Waals surface area (Å²) in [6, 6.07) is -0.447. The Bertz CT molecular complexity index is 960. The van der Waals surface area contributed by atoms with Crippen molar-refractivity contribution in [2.24, 2.45) is 0 Å². The fourth-order valence-electron chi connectivity index (χ4n) is 3.24. The van der Waals surface area contributed by atoms with Crippen LogP contribution in [0.2, 0.25) is 0 Å². The summed E-state index contributed by atoms with van der Waals surface area (Å²) in [5.74, 6) is -0.426. The van der Waals surface area contributed by atoms with Crippen LogP contribution in [0.3, 0.4) is 0 Å². The van der Waals surface area contributed by atoms with Crippen molar-refractivity contribution in [1.82, 2.24) is 29.5 Å². The Balaban J connectivity index is 1.58. The van der Waals surface area contributed by atoms with Crippen LogP contribution in [0.15, 0.2) is 31.0 Å². The van der Waals surface area contributed by atoms with Gasteiger partial charge in [-0.2, -0.15) is 18.3 Å². The second kappa shape index (κ2) is 6.11. The molecule has 1 aliphatic rings. The summed E-state index contributed by atoms with van der Waals surface area (Å²) in [4.78, 5) is 20.8. The van der Waals surface area contributed by atoms with Crippen LogP contribution >= 0.6 is 0 Å². The molecule has 1 N–H and O–H groups in total. The van der Waals surface area contributed by atoms with E-state index in [-0.39, 0.29) is 5.69 Å². The molecule has 10 heteroatoms. The number of hydrogen-bond donors (Lipinski definition) is 1. The van der Waals surface area contributed by atoms with E-state index in [1.807, 2.05) is 0 Å². The van der Waals surface area contributed by atoms with Crippen LogP contribution in [-0.2, 0) is 13.0 Å². The molecule has 1 aliphatic carbocycles. The molecule has 0 saturated carbocycles. The first-order valence-electron chi connectivity index (χ1n) is 8.12. The van der Waals surface area contributed by atoms with Crippen molar-refractivity contribution in [2.75, 3.05) is 0 Å². The van der Waals surface area contributed by atoms with Crippen LogP contribution < -0.4 is 5.32 Å². The van der Waals surface area contributed by atoms with Crippen LogP contribution in [0.4, 0.5) is 13.2 Å². The lowest BCUT2D eigenvalue weighted by molar-refractivity contribution is -0.142. The molecule has 0 unspecified atom stereocenters. The highest BCUT2D eigenvalue weighted by molar-refractivity contribution is 5.97. The molecule has 7 nitrogen and oxygen atoms in total. The highest BCUT2D eigenvalue weighted by Crippen LogP contribution is 2.30. The van der Waals surface area contributed by atoms with E-state index in [0.29, 0.717) is 24.2 Å². The largest absolute Gasteiger partial charge is 0.408 e. The van der Waals surface area contributed by atoms with Gasteiger partial charge in [-0.3, -0.25) is 9.48 Å². The van der Waals surface area contributed by atoms with Crippen molar-refractivity contribution in [3.05, 3.63) is 47.9 Å². The van der Waals surface area contributed by atoms with E-state index in [0.717, 1.165) is 16.7 Å². The molecule has 4 rings (SSSR count). The third-order valence-electron chi connectivity index (χ3n) is 4.31. The zero-order valence-electron chi connectivity index (χ0n) is 13.6. The molecule has 1 atom stereocenters. The maximum Gasteiger partial charge on any atom is 0.408 e. The maximum atomic E-state index is 12.6. The quantitative estimate of drug-likeness (QED) is 0.774. The van der Waals surface area contributed by atoms with Crippen LogP contribution in [0.5, 0.6) is 0 Å². The zero-order valence-corrected chi connectivity index (χ0v) is 13.6. The number of hydrogen-bond acceptors (Lipinski definition) is 4. The van der Waals surface area contributed by atoms with Crippen LogP contribution in [0.1, 0.15) is 40.6 Å². The Hall–Kier alpha value is -2.91. The molecule has 0 aliphatic heterocycles. The average molecular weight is 364 g/mol. The minimum absolute atomic E-state index is 0.166. The first-order valence-corrected chi connectivity index (χ1v) is 8.12. The molecular formula is C16H15F3N6O. The number of aryl methyl sites for hydroxylation is 1. The molecule has 0 bridgehead atoms. The number of alkyl halides is 3. The Labute approximate surface area is 145 Å². The van der Waals surface area contributed by atoms with Crippen molar-refractivity contribution in [3.8, 4) is 0 Å². The third kappa shape index (κ3) is 3.14. The highest BCUT2D eigenvalue weighted by atomic mass is 19.4. The number of carbonyl (C=O) groups is 1. The van der Waals surface area contributed by atoms with Gasteiger partial charge in [0.1, 0.15) is 6.54 Å². The van der Waals surface area contributed by atoms with Crippen molar-refractivity contribution in [2.45, 2.75) is 38.0 Å². The van der Waals surface area contributed by atoms with Crippen molar-refractivity contribution in [3.63, 3.8) is 0 Å². The monoisotopic (exact) mass is 364 g/mol. The second-order valence-electron chi connectivity index (χ2n) is 6.20. The molecule has 0 radical (unpaired) electrons. The summed E-state index contributed by atoms with van der Waals surface area (Å²) in [5, 5.41) is 6.89. The molecule has 26 heavy (non-hydrogen) atoms. The standard InChI is InChI=1S/C16H15F3N6O/c17-16(18,19)9-25-8-10-2-1-3-11(12(10)23-25)22-15(26)13-14-21-5-7-24(14)6-4-20-13/h4-8,11H,1-3,9H2,(H,22,26)/t11-/m0/s1. The number of imidazole rings is 1. The van der Waals surface area contributed by atoms with Gasteiger partial charge in [-0.15, -0.1) is 0 Å². The molecule has 0 spiro atoms. The Kier molecular flexibility index (Phi) is 3.89. The number of nitrogens with one attached hydrogen (secondary N) is 1. The first-order chi connectivity index (χ1) is 12.4. The van der Waals surface area contributed by atoms with E-state index in [9.17, 15) is 18.0 Å². The Morgan fingerprint density at radius 3 is 2.81 bits per heavy atom. The van der Waals surface area contributed by atoms with E-state index < -0.39 is 24.7 Å². The summed E-state index contributed by atoms with van der Waals surface area (Å²) < 4.78 is 40.4. The van der Waals surface area contributed by atoms with Crippen LogP contribution in [0.25, 0.3) is 5.65 Å². The van der Waals surface area contributed by atoms with Crippen molar-refractivity contribution < 1.29 is 18.0 Å². The molecular weight excluding hydrogens is 349 g/mol. The summed E-state index contributed by atoms with van der Waals surface area (Å²) in [5.41, 5.74) is 1.81. The molecule has 0 saturated heterocycles. The van der Waals surface area contributed by atoms with E-state index in [1.54, 1.807) is 23.0 Å².